The topological polar surface area (TPSA) is 58.6 Å². The molecule has 0 bridgehead atoms. The zero-order valence-corrected chi connectivity index (χ0v) is 16.8. The summed E-state index contributed by atoms with van der Waals surface area (Å²) in [6, 6.07) is 16.6. The first-order valence-electron chi connectivity index (χ1n) is 9.74. The molecule has 2 amide bonds. The zero-order chi connectivity index (χ0) is 22.0. The fourth-order valence-corrected chi connectivity index (χ4v) is 3.73. The van der Waals surface area contributed by atoms with Crippen molar-refractivity contribution in [2.45, 2.75) is 19.0 Å². The minimum atomic E-state index is -0.736. The number of carbonyl (C=O) groups is 2. The fourth-order valence-electron chi connectivity index (χ4n) is 3.73. The molecule has 4 rings (SSSR count). The van der Waals surface area contributed by atoms with E-state index in [2.05, 4.69) is 5.32 Å². The number of anilines is 1. The van der Waals surface area contributed by atoms with Gasteiger partial charge in [0.1, 0.15) is 17.4 Å². The molecule has 158 valence electrons. The molecule has 31 heavy (non-hydrogen) atoms. The quantitative estimate of drug-likeness (QED) is 0.627. The number of hydrogen-bond donors (Lipinski definition) is 1. The van der Waals surface area contributed by atoms with E-state index in [1.165, 1.54) is 0 Å². The van der Waals surface area contributed by atoms with Gasteiger partial charge in [-0.15, -0.1) is 0 Å². The third kappa shape index (κ3) is 4.26. The van der Waals surface area contributed by atoms with Crippen LogP contribution in [0.4, 0.5) is 14.5 Å². The zero-order valence-electron chi connectivity index (χ0n) is 16.8. The fraction of sp³-hybridized carbons (Fsp3) is 0.167. The molecule has 0 spiro atoms. The SMILES string of the molecule is COc1ccc(C(CC(=O)Nc2cc(F)ccc2F)N2Cc3ccccc3C2=O)cc1. The summed E-state index contributed by atoms with van der Waals surface area (Å²) in [6.45, 7) is 0.354. The van der Waals surface area contributed by atoms with Crippen molar-refractivity contribution < 1.29 is 23.1 Å². The minimum Gasteiger partial charge on any atom is -0.497 e. The summed E-state index contributed by atoms with van der Waals surface area (Å²) in [4.78, 5) is 27.4. The van der Waals surface area contributed by atoms with Gasteiger partial charge < -0.3 is 15.0 Å². The molecule has 1 unspecified atom stereocenters. The predicted molar refractivity (Wildman–Crippen MR) is 112 cm³/mol. The summed E-state index contributed by atoms with van der Waals surface area (Å²) in [5.74, 6) is -1.46. The van der Waals surface area contributed by atoms with Crippen molar-refractivity contribution >= 4 is 17.5 Å². The van der Waals surface area contributed by atoms with Gasteiger partial charge in [-0.25, -0.2) is 8.78 Å². The Hall–Kier alpha value is -3.74. The van der Waals surface area contributed by atoms with Crippen LogP contribution in [0.15, 0.2) is 66.7 Å². The molecule has 0 radical (unpaired) electrons. The van der Waals surface area contributed by atoms with E-state index in [9.17, 15) is 18.4 Å². The number of rotatable bonds is 6. The average molecular weight is 422 g/mol. The molecule has 1 aliphatic heterocycles. The molecule has 1 N–H and O–H groups in total. The molecule has 1 heterocycles. The second-order valence-electron chi connectivity index (χ2n) is 7.26. The molecule has 0 saturated heterocycles. The number of amides is 2. The molecule has 0 aliphatic carbocycles. The van der Waals surface area contributed by atoms with Gasteiger partial charge in [-0.2, -0.15) is 0 Å². The number of methoxy groups -OCH3 is 1. The van der Waals surface area contributed by atoms with Crippen LogP contribution in [0.5, 0.6) is 5.75 Å². The molecule has 3 aromatic rings. The number of ether oxygens (including phenoxy) is 1. The lowest BCUT2D eigenvalue weighted by atomic mass is 10.0. The van der Waals surface area contributed by atoms with Crippen LogP contribution in [0, 0.1) is 11.6 Å². The third-order valence-electron chi connectivity index (χ3n) is 5.31. The van der Waals surface area contributed by atoms with Crippen LogP contribution in [-0.2, 0) is 11.3 Å². The maximum atomic E-state index is 14.0. The van der Waals surface area contributed by atoms with Crippen LogP contribution in [0.2, 0.25) is 0 Å². The van der Waals surface area contributed by atoms with Gasteiger partial charge in [0.2, 0.25) is 5.91 Å². The Balaban J connectivity index is 1.62. The van der Waals surface area contributed by atoms with Crippen molar-refractivity contribution in [2.75, 3.05) is 12.4 Å². The Morgan fingerprint density at radius 2 is 1.84 bits per heavy atom. The maximum absolute atomic E-state index is 14.0. The summed E-state index contributed by atoms with van der Waals surface area (Å²) in [7, 11) is 1.55. The van der Waals surface area contributed by atoms with E-state index >= 15 is 0 Å². The monoisotopic (exact) mass is 422 g/mol. The van der Waals surface area contributed by atoms with E-state index in [4.69, 9.17) is 4.74 Å². The number of benzene rings is 3. The standard InChI is InChI=1S/C24H20F2N2O3/c1-31-18-9-6-15(7-10-18)22(28-14-16-4-2-3-5-19(16)24(28)30)13-23(29)27-21-12-17(25)8-11-20(21)26/h2-12,22H,13-14H2,1H3,(H,27,29). The lowest BCUT2D eigenvalue weighted by Crippen LogP contribution is -2.32. The van der Waals surface area contributed by atoms with Gasteiger partial charge >= 0.3 is 0 Å². The maximum Gasteiger partial charge on any atom is 0.255 e. The van der Waals surface area contributed by atoms with Crippen LogP contribution < -0.4 is 10.1 Å². The Labute approximate surface area is 178 Å². The smallest absolute Gasteiger partial charge is 0.255 e. The van der Waals surface area contributed by atoms with E-state index in [1.54, 1.807) is 48.4 Å². The molecular formula is C24H20F2N2O3. The summed E-state index contributed by atoms with van der Waals surface area (Å²) in [5.41, 5.74) is 1.96. The van der Waals surface area contributed by atoms with E-state index in [0.717, 1.165) is 29.3 Å². The first kappa shape index (κ1) is 20.5. The van der Waals surface area contributed by atoms with Gasteiger partial charge in [0.25, 0.3) is 5.91 Å². The first-order chi connectivity index (χ1) is 15.0. The predicted octanol–water partition coefficient (Wildman–Crippen LogP) is 4.70. The highest BCUT2D eigenvalue weighted by Gasteiger charge is 2.34. The van der Waals surface area contributed by atoms with Gasteiger partial charge in [0.15, 0.2) is 0 Å². The van der Waals surface area contributed by atoms with E-state index in [-0.39, 0.29) is 18.0 Å². The van der Waals surface area contributed by atoms with Gasteiger partial charge in [0.05, 0.1) is 25.3 Å². The van der Waals surface area contributed by atoms with Gasteiger partial charge in [0, 0.05) is 18.2 Å². The van der Waals surface area contributed by atoms with Crippen molar-refractivity contribution in [3.8, 4) is 5.75 Å². The number of halogens is 2. The summed E-state index contributed by atoms with van der Waals surface area (Å²) < 4.78 is 32.6. The minimum absolute atomic E-state index is 0.123. The largest absolute Gasteiger partial charge is 0.497 e. The summed E-state index contributed by atoms with van der Waals surface area (Å²) >= 11 is 0. The number of carbonyl (C=O) groups excluding carboxylic acids is 2. The molecule has 7 heteroatoms. The molecular weight excluding hydrogens is 402 g/mol. The van der Waals surface area contributed by atoms with Crippen molar-refractivity contribution in [2.24, 2.45) is 0 Å². The Kier molecular flexibility index (Phi) is 5.66. The van der Waals surface area contributed by atoms with Crippen LogP contribution in [0.25, 0.3) is 0 Å². The number of hydrogen-bond acceptors (Lipinski definition) is 3. The van der Waals surface area contributed by atoms with E-state index < -0.39 is 23.6 Å². The lowest BCUT2D eigenvalue weighted by Gasteiger charge is -2.28. The number of fused-ring (bicyclic) bond motifs is 1. The highest BCUT2D eigenvalue weighted by molar-refractivity contribution is 5.99. The van der Waals surface area contributed by atoms with Crippen molar-refractivity contribution in [1.82, 2.24) is 4.90 Å². The van der Waals surface area contributed by atoms with Crippen molar-refractivity contribution in [3.05, 3.63) is 95.1 Å². The summed E-state index contributed by atoms with van der Waals surface area (Å²) in [5, 5.41) is 2.42. The molecule has 5 nitrogen and oxygen atoms in total. The third-order valence-corrected chi connectivity index (χ3v) is 5.31. The highest BCUT2D eigenvalue weighted by atomic mass is 19.1. The summed E-state index contributed by atoms with van der Waals surface area (Å²) in [6.07, 6.45) is -0.123. The Morgan fingerprint density at radius 3 is 2.55 bits per heavy atom. The molecule has 0 aromatic heterocycles. The Bertz CT molecular complexity index is 1130. The van der Waals surface area contributed by atoms with Crippen LogP contribution in [0.3, 0.4) is 0 Å². The lowest BCUT2D eigenvalue weighted by molar-refractivity contribution is -0.117. The second-order valence-corrected chi connectivity index (χ2v) is 7.26. The average Bonchev–Trinajstić information content (AvgIpc) is 3.11. The molecule has 0 fully saturated rings. The molecule has 3 aromatic carbocycles. The molecule has 0 saturated carbocycles. The van der Waals surface area contributed by atoms with Crippen LogP contribution >= 0.6 is 0 Å². The van der Waals surface area contributed by atoms with Gasteiger partial charge in [-0.1, -0.05) is 30.3 Å². The number of nitrogens with zero attached hydrogens (tertiary/aromatic N) is 1. The normalized spacial score (nSPS) is 13.6. The van der Waals surface area contributed by atoms with Crippen LogP contribution in [0.1, 0.15) is 33.9 Å². The molecule has 1 aliphatic rings. The van der Waals surface area contributed by atoms with Crippen molar-refractivity contribution in [3.63, 3.8) is 0 Å². The Morgan fingerprint density at radius 1 is 1.10 bits per heavy atom. The van der Waals surface area contributed by atoms with Gasteiger partial charge in [-0.3, -0.25) is 9.59 Å². The second kappa shape index (κ2) is 8.55. The molecule has 1 atom stereocenters. The van der Waals surface area contributed by atoms with Crippen LogP contribution in [-0.4, -0.2) is 23.8 Å². The highest BCUT2D eigenvalue weighted by Crippen LogP contribution is 2.34. The first-order valence-corrected chi connectivity index (χ1v) is 9.74. The van der Waals surface area contributed by atoms with E-state index in [1.807, 2.05) is 12.1 Å². The van der Waals surface area contributed by atoms with Gasteiger partial charge in [-0.05, 0) is 41.5 Å². The van der Waals surface area contributed by atoms with E-state index in [0.29, 0.717) is 17.9 Å². The number of nitrogens with one attached hydrogen (secondary N) is 1. The van der Waals surface area contributed by atoms with Crippen molar-refractivity contribution in [1.29, 1.82) is 0 Å².